The predicted molar refractivity (Wildman–Crippen MR) is 144 cm³/mol. The molecule has 0 atom stereocenters. The van der Waals surface area contributed by atoms with Crippen molar-refractivity contribution in [2.45, 2.75) is 66.2 Å². The first-order valence-corrected chi connectivity index (χ1v) is 14.8. The van der Waals surface area contributed by atoms with Crippen molar-refractivity contribution >= 4 is 19.2 Å². The molecule has 35 heavy (non-hydrogen) atoms. The highest BCUT2D eigenvalue weighted by Crippen LogP contribution is 2.57. The molecule has 0 aromatic heterocycles. The van der Waals surface area contributed by atoms with Crippen LogP contribution in [0, 0.1) is 0 Å². The van der Waals surface area contributed by atoms with E-state index in [0.717, 1.165) is 30.1 Å². The second-order valence-corrected chi connectivity index (χ2v) is 13.2. The molecule has 0 aliphatic heterocycles. The Labute approximate surface area is 212 Å². The highest BCUT2D eigenvalue weighted by Gasteiger charge is 2.35. The molecule has 0 aromatic carbocycles. The number of esters is 2. The molecule has 0 radical (unpaired) electrons. The summed E-state index contributed by atoms with van der Waals surface area (Å²) in [5.41, 5.74) is 2.49. The lowest BCUT2D eigenvalue weighted by Crippen LogP contribution is -2.16. The van der Waals surface area contributed by atoms with Gasteiger partial charge in [-0.15, -0.1) is 0 Å². The van der Waals surface area contributed by atoms with Crippen molar-refractivity contribution in [2.75, 3.05) is 44.8 Å². The topological polar surface area (TPSA) is 102 Å². The summed E-state index contributed by atoms with van der Waals surface area (Å²) in [6.45, 7) is 19.5. The molecule has 0 bridgehead atoms. The minimum Gasteiger partial charge on any atom is -0.490 e. The van der Waals surface area contributed by atoms with Crippen LogP contribution in [-0.2, 0) is 23.8 Å². The number of aliphatic hydroxyl groups excluding tert-OH is 2. The highest BCUT2D eigenvalue weighted by atomic mass is 31.2. The van der Waals surface area contributed by atoms with E-state index >= 15 is 0 Å². The van der Waals surface area contributed by atoms with Gasteiger partial charge in [0.15, 0.2) is 12.7 Å². The summed E-state index contributed by atoms with van der Waals surface area (Å²) in [4.78, 5) is 23.2. The van der Waals surface area contributed by atoms with E-state index in [4.69, 9.17) is 14.2 Å². The Balaban J connectivity index is 5.18. The molecule has 8 heteroatoms. The monoisotopic (exact) mass is 513 g/mol. The number of hydrogen-bond donors (Lipinski definition) is 2. The first kappa shape index (κ1) is 33.0. The van der Waals surface area contributed by atoms with Crippen molar-refractivity contribution < 1.29 is 34.0 Å². The standard InChI is InChI=1S/C27H46O7P/c1-8-9-17-35(19-28,20-29)18-16-32-25(23(6)12-10-14-33-26(30)21(2)3)24(7)13-11-15-34-27(31)22(4)5/h28-29H,2,4,6,8-20H2,1,3,5,7H3/q+1/b25-24-. The van der Waals surface area contributed by atoms with E-state index in [-0.39, 0.29) is 25.9 Å². The fourth-order valence-electron chi connectivity index (χ4n) is 3.23. The third kappa shape index (κ3) is 13.6. The van der Waals surface area contributed by atoms with E-state index < -0.39 is 19.2 Å². The number of ether oxygens (including phenoxy) is 3. The van der Waals surface area contributed by atoms with Crippen LogP contribution in [0.5, 0.6) is 0 Å². The minimum atomic E-state index is -1.88. The molecule has 200 valence electrons. The van der Waals surface area contributed by atoms with E-state index in [1.54, 1.807) is 13.8 Å². The van der Waals surface area contributed by atoms with Crippen molar-refractivity contribution in [3.63, 3.8) is 0 Å². The van der Waals surface area contributed by atoms with Crippen LogP contribution in [0.15, 0.2) is 47.8 Å². The van der Waals surface area contributed by atoms with Gasteiger partial charge >= 0.3 is 11.9 Å². The van der Waals surface area contributed by atoms with Crippen molar-refractivity contribution in [1.29, 1.82) is 0 Å². The Morgan fingerprint density at radius 1 is 0.743 bits per heavy atom. The molecule has 0 fully saturated rings. The summed E-state index contributed by atoms with van der Waals surface area (Å²) in [7, 11) is -1.88. The van der Waals surface area contributed by atoms with Crippen LogP contribution in [0.1, 0.15) is 66.2 Å². The third-order valence-electron chi connectivity index (χ3n) is 5.59. The molecule has 7 nitrogen and oxygen atoms in total. The van der Waals surface area contributed by atoms with E-state index in [1.165, 1.54) is 0 Å². The quantitative estimate of drug-likeness (QED) is 0.0565. The third-order valence-corrected chi connectivity index (χ3v) is 9.19. The van der Waals surface area contributed by atoms with Gasteiger partial charge in [-0.2, -0.15) is 0 Å². The Morgan fingerprint density at radius 3 is 1.71 bits per heavy atom. The smallest absolute Gasteiger partial charge is 0.333 e. The fourth-order valence-corrected chi connectivity index (χ4v) is 5.57. The van der Waals surface area contributed by atoms with Crippen LogP contribution in [0.25, 0.3) is 0 Å². The Bertz CT molecular complexity index is 751. The number of aliphatic hydroxyl groups is 2. The van der Waals surface area contributed by atoms with E-state index in [9.17, 15) is 19.8 Å². The zero-order valence-electron chi connectivity index (χ0n) is 22.2. The van der Waals surface area contributed by atoms with Gasteiger partial charge in [-0.1, -0.05) is 33.1 Å². The van der Waals surface area contributed by atoms with Gasteiger partial charge in [0.25, 0.3) is 0 Å². The van der Waals surface area contributed by atoms with Gasteiger partial charge in [-0.3, -0.25) is 0 Å². The summed E-state index contributed by atoms with van der Waals surface area (Å²) < 4.78 is 16.5. The first-order chi connectivity index (χ1) is 16.5. The molecule has 0 aromatic rings. The van der Waals surface area contributed by atoms with Gasteiger partial charge in [-0.25, -0.2) is 9.59 Å². The van der Waals surface area contributed by atoms with E-state index in [1.807, 2.05) is 6.92 Å². The minimum absolute atomic E-state index is 0.00795. The molecule has 0 aliphatic carbocycles. The molecule has 0 amide bonds. The van der Waals surface area contributed by atoms with Crippen molar-refractivity contribution in [3.8, 4) is 0 Å². The number of carbonyl (C=O) groups excluding carboxylic acids is 2. The van der Waals surface area contributed by atoms with Crippen LogP contribution in [0.4, 0.5) is 0 Å². The van der Waals surface area contributed by atoms with Crippen LogP contribution >= 0.6 is 7.26 Å². The van der Waals surface area contributed by atoms with Crippen molar-refractivity contribution in [2.24, 2.45) is 0 Å². The summed E-state index contributed by atoms with van der Waals surface area (Å²) in [5.74, 6) is -0.132. The molecule has 2 N–H and O–H groups in total. The molecular formula is C27H46O7P+. The normalized spacial score (nSPS) is 11.9. The van der Waals surface area contributed by atoms with Crippen LogP contribution in [0.2, 0.25) is 0 Å². The van der Waals surface area contributed by atoms with Gasteiger partial charge in [-0.05, 0) is 64.0 Å². The Morgan fingerprint density at radius 2 is 1.26 bits per heavy atom. The van der Waals surface area contributed by atoms with Gasteiger partial charge in [0.2, 0.25) is 0 Å². The molecule has 0 rings (SSSR count). The number of hydrogen-bond acceptors (Lipinski definition) is 7. The first-order valence-electron chi connectivity index (χ1n) is 12.3. The number of allylic oxidation sites excluding steroid dienone is 2. The van der Waals surface area contributed by atoms with E-state index in [2.05, 4.69) is 26.7 Å². The molecule has 0 unspecified atom stereocenters. The lowest BCUT2D eigenvalue weighted by Gasteiger charge is -2.24. The van der Waals surface area contributed by atoms with Crippen molar-refractivity contribution in [3.05, 3.63) is 47.8 Å². The van der Waals surface area contributed by atoms with Crippen LogP contribution in [0.3, 0.4) is 0 Å². The summed E-state index contributed by atoms with van der Waals surface area (Å²) in [6, 6.07) is 0. The molecule has 0 saturated heterocycles. The summed E-state index contributed by atoms with van der Waals surface area (Å²) >= 11 is 0. The maximum atomic E-state index is 11.6. The molecule has 0 saturated carbocycles. The largest absolute Gasteiger partial charge is 0.490 e. The van der Waals surface area contributed by atoms with Gasteiger partial charge < -0.3 is 24.4 Å². The highest BCUT2D eigenvalue weighted by molar-refractivity contribution is 7.75. The van der Waals surface area contributed by atoms with Gasteiger partial charge in [0.05, 0.1) is 32.8 Å². The van der Waals surface area contributed by atoms with Crippen LogP contribution in [-0.4, -0.2) is 67.0 Å². The average Bonchev–Trinajstić information content (AvgIpc) is 2.83. The van der Waals surface area contributed by atoms with Crippen LogP contribution < -0.4 is 0 Å². The van der Waals surface area contributed by atoms with Gasteiger partial charge in [0, 0.05) is 11.1 Å². The average molecular weight is 514 g/mol. The lowest BCUT2D eigenvalue weighted by atomic mass is 10.0. The van der Waals surface area contributed by atoms with Crippen molar-refractivity contribution in [1.82, 2.24) is 0 Å². The second kappa shape index (κ2) is 18.3. The Kier molecular flexibility index (Phi) is 17.3. The zero-order valence-corrected chi connectivity index (χ0v) is 23.1. The number of carbonyl (C=O) groups is 2. The van der Waals surface area contributed by atoms with Gasteiger partial charge in [0.1, 0.15) is 12.4 Å². The lowest BCUT2D eigenvalue weighted by molar-refractivity contribution is -0.139. The number of unbranched alkanes of at least 4 members (excludes halogenated alkanes) is 1. The maximum absolute atomic E-state index is 11.6. The summed E-state index contributed by atoms with van der Waals surface area (Å²) in [5, 5.41) is 19.9. The molecule has 0 aliphatic rings. The zero-order chi connectivity index (χ0) is 26.9. The fraction of sp³-hybridized carbons (Fsp3) is 0.630. The Hall–Kier alpha value is -1.95. The maximum Gasteiger partial charge on any atom is 0.333 e. The van der Waals surface area contributed by atoms with E-state index in [0.29, 0.717) is 55.4 Å². The predicted octanol–water partition coefficient (Wildman–Crippen LogP) is 5.35. The SMILES string of the molecule is C=C(C)C(=O)OCCCC(=C)/C(OCC[P+](CO)(CO)CCCC)=C(\C)CCCOC(=O)C(=C)C. The molecule has 0 heterocycles. The molecular weight excluding hydrogens is 467 g/mol. The number of rotatable bonds is 20. The summed E-state index contributed by atoms with van der Waals surface area (Å²) in [6.07, 6.45) is 5.90. The second-order valence-electron chi connectivity index (χ2n) is 9.03. The molecule has 0 spiro atoms.